The molecule has 2 nitrogen and oxygen atoms in total. The predicted molar refractivity (Wildman–Crippen MR) is 84.2 cm³/mol. The van der Waals surface area contributed by atoms with E-state index in [1.54, 1.807) is 11.3 Å². The monoisotopic (exact) mass is 266 g/mol. The fourth-order valence-corrected chi connectivity index (χ4v) is 3.08. The van der Waals surface area contributed by atoms with Gasteiger partial charge in [-0.25, -0.2) is 0 Å². The first-order chi connectivity index (χ1) is 9.34. The number of hydrogen-bond donors (Lipinski definition) is 1. The second-order valence-corrected chi connectivity index (χ2v) is 5.41. The number of hydrogen-bond acceptors (Lipinski definition) is 3. The van der Waals surface area contributed by atoms with Crippen LogP contribution in [0.2, 0.25) is 0 Å². The van der Waals surface area contributed by atoms with E-state index in [1.165, 1.54) is 20.5 Å². The Balaban J connectivity index is 1.83. The van der Waals surface area contributed by atoms with Gasteiger partial charge in [-0.05, 0) is 36.1 Å². The molecule has 0 radical (unpaired) electrons. The smallest absolute Gasteiger partial charge is 0.0647 e. The molecule has 1 heterocycles. The molecule has 0 atom stereocenters. The third kappa shape index (κ3) is 2.51. The van der Waals surface area contributed by atoms with E-state index in [1.807, 2.05) is 36.5 Å². The number of anilines is 1. The Hall–Kier alpha value is -2.13. The van der Waals surface area contributed by atoms with Gasteiger partial charge in [0.1, 0.15) is 0 Å². The van der Waals surface area contributed by atoms with Gasteiger partial charge >= 0.3 is 0 Å². The summed E-state index contributed by atoms with van der Waals surface area (Å²) in [5.74, 6) is 0. The molecule has 1 N–H and O–H groups in total. The Morgan fingerprint density at radius 2 is 1.74 bits per heavy atom. The SMILES string of the molecule is Cc1c(C=NNc2ccccc2)sc2ccccc12. The molecule has 0 aliphatic rings. The van der Waals surface area contributed by atoms with Gasteiger partial charge in [0.25, 0.3) is 0 Å². The summed E-state index contributed by atoms with van der Waals surface area (Å²) in [5.41, 5.74) is 5.33. The van der Waals surface area contributed by atoms with Crippen LogP contribution in [0, 0.1) is 6.92 Å². The largest absolute Gasteiger partial charge is 0.278 e. The van der Waals surface area contributed by atoms with E-state index in [4.69, 9.17) is 0 Å². The summed E-state index contributed by atoms with van der Waals surface area (Å²) in [6.45, 7) is 2.14. The van der Waals surface area contributed by atoms with Crippen LogP contribution >= 0.6 is 11.3 Å². The lowest BCUT2D eigenvalue weighted by Crippen LogP contribution is -1.89. The van der Waals surface area contributed by atoms with Crippen LogP contribution in [0.15, 0.2) is 59.7 Å². The van der Waals surface area contributed by atoms with Gasteiger partial charge < -0.3 is 0 Å². The number of rotatable bonds is 3. The highest BCUT2D eigenvalue weighted by Gasteiger charge is 2.05. The molecule has 0 saturated carbocycles. The number of nitrogens with one attached hydrogen (secondary N) is 1. The van der Waals surface area contributed by atoms with Crippen LogP contribution in [0.1, 0.15) is 10.4 Å². The number of para-hydroxylation sites is 1. The molecule has 0 bridgehead atoms. The Morgan fingerprint density at radius 3 is 2.53 bits per heavy atom. The maximum Gasteiger partial charge on any atom is 0.0647 e. The Labute approximate surface area is 116 Å². The molecule has 0 saturated heterocycles. The molecule has 94 valence electrons. The van der Waals surface area contributed by atoms with E-state index in [-0.39, 0.29) is 0 Å². The molecule has 0 aliphatic carbocycles. The molecule has 3 aromatic rings. The van der Waals surface area contributed by atoms with Crippen LogP contribution in [-0.4, -0.2) is 6.21 Å². The molecule has 0 fully saturated rings. The van der Waals surface area contributed by atoms with Crippen molar-refractivity contribution in [2.45, 2.75) is 6.92 Å². The van der Waals surface area contributed by atoms with Gasteiger partial charge in [-0.3, -0.25) is 5.43 Å². The van der Waals surface area contributed by atoms with Crippen molar-refractivity contribution in [2.24, 2.45) is 5.10 Å². The van der Waals surface area contributed by atoms with Gasteiger partial charge in [0.2, 0.25) is 0 Å². The van der Waals surface area contributed by atoms with Crippen molar-refractivity contribution in [2.75, 3.05) is 5.43 Å². The van der Waals surface area contributed by atoms with E-state index >= 15 is 0 Å². The molecule has 0 amide bonds. The fourth-order valence-electron chi connectivity index (χ4n) is 1.99. The van der Waals surface area contributed by atoms with Crippen molar-refractivity contribution in [1.29, 1.82) is 0 Å². The molecule has 0 aliphatic heterocycles. The zero-order valence-electron chi connectivity index (χ0n) is 10.6. The lowest BCUT2D eigenvalue weighted by molar-refractivity contribution is 1.35. The van der Waals surface area contributed by atoms with Crippen LogP contribution in [-0.2, 0) is 0 Å². The van der Waals surface area contributed by atoms with E-state index in [9.17, 15) is 0 Å². The summed E-state index contributed by atoms with van der Waals surface area (Å²) in [6, 6.07) is 18.4. The van der Waals surface area contributed by atoms with Gasteiger partial charge in [0, 0.05) is 4.70 Å². The average molecular weight is 266 g/mol. The lowest BCUT2D eigenvalue weighted by atomic mass is 10.1. The maximum atomic E-state index is 4.30. The summed E-state index contributed by atoms with van der Waals surface area (Å²) in [4.78, 5) is 1.20. The second kappa shape index (κ2) is 5.24. The van der Waals surface area contributed by atoms with Gasteiger partial charge in [0.05, 0.1) is 16.8 Å². The number of fused-ring (bicyclic) bond motifs is 1. The van der Waals surface area contributed by atoms with Crippen LogP contribution in [0.5, 0.6) is 0 Å². The minimum Gasteiger partial charge on any atom is -0.278 e. The van der Waals surface area contributed by atoms with Gasteiger partial charge in [-0.15, -0.1) is 11.3 Å². The normalized spacial score (nSPS) is 11.2. The van der Waals surface area contributed by atoms with Crippen molar-refractivity contribution in [3.8, 4) is 0 Å². The topological polar surface area (TPSA) is 24.4 Å². The summed E-state index contributed by atoms with van der Waals surface area (Å²) in [6.07, 6.45) is 1.90. The molecule has 0 unspecified atom stereocenters. The first-order valence-corrected chi connectivity index (χ1v) is 6.98. The van der Waals surface area contributed by atoms with E-state index in [0.717, 1.165) is 5.69 Å². The van der Waals surface area contributed by atoms with Gasteiger partial charge in [-0.1, -0.05) is 36.4 Å². The third-order valence-electron chi connectivity index (χ3n) is 3.03. The summed E-state index contributed by atoms with van der Waals surface area (Å²) >= 11 is 1.77. The zero-order chi connectivity index (χ0) is 13.1. The van der Waals surface area contributed by atoms with Crippen LogP contribution in [0.25, 0.3) is 10.1 Å². The highest BCUT2D eigenvalue weighted by Crippen LogP contribution is 2.29. The lowest BCUT2D eigenvalue weighted by Gasteiger charge is -1.97. The highest BCUT2D eigenvalue weighted by atomic mass is 32.1. The second-order valence-electron chi connectivity index (χ2n) is 4.32. The third-order valence-corrected chi connectivity index (χ3v) is 4.24. The summed E-state index contributed by atoms with van der Waals surface area (Å²) in [7, 11) is 0. The highest BCUT2D eigenvalue weighted by molar-refractivity contribution is 7.20. The fraction of sp³-hybridized carbons (Fsp3) is 0.0625. The molecule has 19 heavy (non-hydrogen) atoms. The maximum absolute atomic E-state index is 4.30. The van der Waals surface area contributed by atoms with E-state index in [2.05, 4.69) is 41.7 Å². The quantitative estimate of drug-likeness (QED) is 0.541. The summed E-state index contributed by atoms with van der Waals surface area (Å²) < 4.78 is 1.31. The van der Waals surface area contributed by atoms with E-state index in [0.29, 0.717) is 0 Å². The van der Waals surface area contributed by atoms with E-state index < -0.39 is 0 Å². The number of aryl methyl sites for hydroxylation is 1. The molecular formula is C16H14N2S. The molecular weight excluding hydrogens is 252 g/mol. The van der Waals surface area contributed by atoms with Crippen molar-refractivity contribution >= 4 is 33.3 Å². The number of benzene rings is 2. The van der Waals surface area contributed by atoms with Crippen LogP contribution < -0.4 is 5.43 Å². The number of thiophene rings is 1. The minimum absolute atomic E-state index is 0.998. The van der Waals surface area contributed by atoms with Crippen LogP contribution in [0.4, 0.5) is 5.69 Å². The Kier molecular flexibility index (Phi) is 3.29. The molecule has 1 aromatic heterocycles. The van der Waals surface area contributed by atoms with Gasteiger partial charge in [0.15, 0.2) is 0 Å². The van der Waals surface area contributed by atoms with Crippen molar-refractivity contribution in [1.82, 2.24) is 0 Å². The molecule has 0 spiro atoms. The number of nitrogens with zero attached hydrogens (tertiary/aromatic N) is 1. The van der Waals surface area contributed by atoms with Crippen molar-refractivity contribution in [3.05, 3.63) is 65.0 Å². The minimum atomic E-state index is 0.998. The average Bonchev–Trinajstić information content (AvgIpc) is 2.78. The Morgan fingerprint density at radius 1 is 1.00 bits per heavy atom. The summed E-state index contributed by atoms with van der Waals surface area (Å²) in [5, 5.41) is 5.62. The number of hydrazone groups is 1. The van der Waals surface area contributed by atoms with Crippen LogP contribution in [0.3, 0.4) is 0 Å². The molecule has 3 heteroatoms. The Bertz CT molecular complexity index is 714. The first-order valence-electron chi connectivity index (χ1n) is 6.17. The van der Waals surface area contributed by atoms with Crippen molar-refractivity contribution in [3.63, 3.8) is 0 Å². The zero-order valence-corrected chi connectivity index (χ0v) is 11.4. The van der Waals surface area contributed by atoms with Gasteiger partial charge in [-0.2, -0.15) is 5.10 Å². The standard InChI is InChI=1S/C16H14N2S/c1-12-14-9-5-6-10-15(14)19-16(12)11-17-18-13-7-3-2-4-8-13/h2-11,18H,1H3. The molecule has 2 aromatic carbocycles. The predicted octanol–water partition coefficient (Wildman–Crippen LogP) is 4.66. The van der Waals surface area contributed by atoms with Crippen molar-refractivity contribution < 1.29 is 0 Å². The molecule has 3 rings (SSSR count). The first kappa shape index (κ1) is 11.9.